The van der Waals surface area contributed by atoms with Crippen LogP contribution in [-0.4, -0.2) is 14.2 Å². The lowest BCUT2D eigenvalue weighted by molar-refractivity contribution is 0.601. The van der Waals surface area contributed by atoms with E-state index >= 15 is 0 Å². The van der Waals surface area contributed by atoms with Gasteiger partial charge < -0.3 is 0 Å². The minimum Gasteiger partial charge on any atom is -0.223 e. The lowest BCUT2D eigenvalue weighted by atomic mass is 10.1. The van der Waals surface area contributed by atoms with E-state index < -0.39 is 9.84 Å². The van der Waals surface area contributed by atoms with Gasteiger partial charge in [-0.25, -0.2) is 8.42 Å². The van der Waals surface area contributed by atoms with E-state index in [1.54, 1.807) is 18.2 Å². The number of hydrogen-bond acceptors (Lipinski definition) is 2. The Labute approximate surface area is 85.2 Å². The van der Waals surface area contributed by atoms with E-state index in [1.807, 2.05) is 19.9 Å². The normalized spacial score (nSPS) is 16.9. The summed E-state index contributed by atoms with van der Waals surface area (Å²) in [7, 11) is -3.05. The zero-order chi connectivity index (χ0) is 10.8. The van der Waals surface area contributed by atoms with E-state index in [-0.39, 0.29) is 5.75 Å². The average molecular weight is 210 g/mol. The Balaban J connectivity index is 0.000000461. The molecule has 2 rings (SSSR count). The van der Waals surface area contributed by atoms with Gasteiger partial charge in [-0.1, -0.05) is 38.6 Å². The molecule has 2 nitrogen and oxygen atoms in total. The fraction of sp³-hybridized carbons (Fsp3) is 0.273. The maximum Gasteiger partial charge on any atom is 0.183 e. The highest BCUT2D eigenvalue weighted by Crippen LogP contribution is 2.32. The van der Waals surface area contributed by atoms with Crippen LogP contribution in [0.15, 0.2) is 35.7 Å². The Kier molecular flexibility index (Phi) is 3.11. The Morgan fingerprint density at radius 2 is 1.79 bits per heavy atom. The topological polar surface area (TPSA) is 34.1 Å². The van der Waals surface area contributed by atoms with Crippen LogP contribution in [0.4, 0.5) is 0 Å². The van der Waals surface area contributed by atoms with Crippen LogP contribution in [0.3, 0.4) is 0 Å². The summed E-state index contributed by atoms with van der Waals surface area (Å²) in [6, 6.07) is 6.98. The van der Waals surface area contributed by atoms with Gasteiger partial charge >= 0.3 is 0 Å². The van der Waals surface area contributed by atoms with E-state index in [2.05, 4.69) is 6.58 Å². The summed E-state index contributed by atoms with van der Waals surface area (Å²) in [4.78, 5) is 0.426. The van der Waals surface area contributed by atoms with Crippen LogP contribution < -0.4 is 0 Å². The molecule has 0 aliphatic carbocycles. The summed E-state index contributed by atoms with van der Waals surface area (Å²) in [5, 5.41) is 0. The standard InChI is InChI=1S/C9H8O2S.C2H6/c1-7-6-12(10,11)9-5-3-2-4-8(7)9;1-2/h2-5H,1,6H2;1-2H3. The number of sulfone groups is 1. The Hall–Kier alpha value is -1.09. The lowest BCUT2D eigenvalue weighted by Crippen LogP contribution is -1.97. The maximum atomic E-state index is 11.4. The van der Waals surface area contributed by atoms with Crippen LogP contribution >= 0.6 is 0 Å². The molecular formula is C11H14O2S. The van der Waals surface area contributed by atoms with Gasteiger partial charge in [-0.15, -0.1) is 0 Å². The Morgan fingerprint density at radius 1 is 1.21 bits per heavy atom. The summed E-state index contributed by atoms with van der Waals surface area (Å²) in [6.07, 6.45) is 0. The van der Waals surface area contributed by atoms with Gasteiger partial charge in [0.05, 0.1) is 10.6 Å². The molecule has 0 atom stereocenters. The molecule has 0 bridgehead atoms. The van der Waals surface area contributed by atoms with Gasteiger partial charge in [-0.2, -0.15) is 0 Å². The quantitative estimate of drug-likeness (QED) is 0.659. The highest BCUT2D eigenvalue weighted by molar-refractivity contribution is 7.92. The van der Waals surface area contributed by atoms with Crippen LogP contribution in [-0.2, 0) is 9.84 Å². The highest BCUT2D eigenvalue weighted by Gasteiger charge is 2.27. The third-order valence-corrected chi connectivity index (χ3v) is 3.72. The van der Waals surface area contributed by atoms with E-state index in [0.717, 1.165) is 5.56 Å². The lowest BCUT2D eigenvalue weighted by Gasteiger charge is -1.94. The molecule has 1 aliphatic rings. The van der Waals surface area contributed by atoms with Crippen molar-refractivity contribution in [2.75, 3.05) is 5.75 Å². The second kappa shape index (κ2) is 3.96. The zero-order valence-electron chi connectivity index (χ0n) is 8.45. The molecule has 0 radical (unpaired) electrons. The van der Waals surface area contributed by atoms with E-state index in [4.69, 9.17) is 0 Å². The summed E-state index contributed by atoms with van der Waals surface area (Å²) in [5.41, 5.74) is 1.48. The summed E-state index contributed by atoms with van der Waals surface area (Å²) >= 11 is 0. The second-order valence-electron chi connectivity index (χ2n) is 2.86. The van der Waals surface area contributed by atoms with E-state index in [1.165, 1.54) is 0 Å². The van der Waals surface area contributed by atoms with Crippen molar-refractivity contribution in [1.29, 1.82) is 0 Å². The molecule has 0 spiro atoms. The minimum atomic E-state index is -3.05. The van der Waals surface area contributed by atoms with Crippen molar-refractivity contribution in [1.82, 2.24) is 0 Å². The molecule has 3 heteroatoms. The first kappa shape index (κ1) is 11.0. The molecule has 1 aromatic rings. The molecular weight excluding hydrogens is 196 g/mol. The van der Waals surface area contributed by atoms with Crippen molar-refractivity contribution in [2.45, 2.75) is 18.7 Å². The first-order chi connectivity index (χ1) is 6.61. The second-order valence-corrected chi connectivity index (χ2v) is 4.82. The van der Waals surface area contributed by atoms with Crippen molar-refractivity contribution in [2.24, 2.45) is 0 Å². The Bertz CT molecular complexity index is 444. The van der Waals surface area contributed by atoms with Crippen LogP contribution in [0.25, 0.3) is 5.57 Å². The fourth-order valence-electron chi connectivity index (χ4n) is 1.41. The molecule has 0 saturated heterocycles. The average Bonchev–Trinajstić information content (AvgIpc) is 2.42. The van der Waals surface area contributed by atoms with Crippen molar-refractivity contribution in [3.05, 3.63) is 36.4 Å². The first-order valence-corrected chi connectivity index (χ1v) is 6.26. The zero-order valence-corrected chi connectivity index (χ0v) is 9.26. The minimum absolute atomic E-state index is 0.0757. The van der Waals surface area contributed by atoms with E-state index in [0.29, 0.717) is 10.5 Å². The van der Waals surface area contributed by atoms with Gasteiger partial charge in [0.1, 0.15) is 0 Å². The summed E-state index contributed by atoms with van der Waals surface area (Å²) in [6.45, 7) is 7.71. The molecule has 0 N–H and O–H groups in total. The van der Waals surface area contributed by atoms with Crippen molar-refractivity contribution < 1.29 is 8.42 Å². The van der Waals surface area contributed by atoms with Crippen molar-refractivity contribution >= 4 is 15.4 Å². The predicted molar refractivity (Wildman–Crippen MR) is 58.9 cm³/mol. The van der Waals surface area contributed by atoms with Crippen molar-refractivity contribution in [3.8, 4) is 0 Å². The molecule has 1 aliphatic heterocycles. The third kappa shape index (κ3) is 1.73. The van der Waals surface area contributed by atoms with Gasteiger partial charge in [0.15, 0.2) is 9.84 Å². The predicted octanol–water partition coefficient (Wildman–Crippen LogP) is 2.51. The molecule has 0 unspecified atom stereocenters. The summed E-state index contributed by atoms with van der Waals surface area (Å²) < 4.78 is 22.8. The first-order valence-electron chi connectivity index (χ1n) is 4.61. The molecule has 0 saturated carbocycles. The smallest absolute Gasteiger partial charge is 0.183 e. The molecule has 14 heavy (non-hydrogen) atoms. The SMILES string of the molecule is C=C1CS(=O)(=O)c2ccccc21.CC. The Morgan fingerprint density at radius 3 is 2.36 bits per heavy atom. The molecule has 1 heterocycles. The van der Waals surface area contributed by atoms with Gasteiger partial charge in [-0.3, -0.25) is 0 Å². The van der Waals surface area contributed by atoms with Gasteiger partial charge in [0.25, 0.3) is 0 Å². The number of benzene rings is 1. The van der Waals surface area contributed by atoms with Crippen LogP contribution in [0.2, 0.25) is 0 Å². The number of rotatable bonds is 0. The monoisotopic (exact) mass is 210 g/mol. The highest BCUT2D eigenvalue weighted by atomic mass is 32.2. The molecule has 0 aromatic heterocycles. The maximum absolute atomic E-state index is 11.4. The van der Waals surface area contributed by atoms with Crippen LogP contribution in [0.5, 0.6) is 0 Å². The van der Waals surface area contributed by atoms with Crippen LogP contribution in [0.1, 0.15) is 19.4 Å². The number of hydrogen-bond donors (Lipinski definition) is 0. The third-order valence-electron chi connectivity index (χ3n) is 1.97. The van der Waals surface area contributed by atoms with Gasteiger partial charge in [0, 0.05) is 0 Å². The number of fused-ring (bicyclic) bond motifs is 1. The van der Waals surface area contributed by atoms with Gasteiger partial charge in [-0.05, 0) is 17.2 Å². The molecule has 76 valence electrons. The summed E-state index contributed by atoms with van der Waals surface area (Å²) in [5.74, 6) is 0.0757. The largest absolute Gasteiger partial charge is 0.223 e. The molecule has 1 aromatic carbocycles. The van der Waals surface area contributed by atoms with Crippen LogP contribution in [0, 0.1) is 0 Å². The van der Waals surface area contributed by atoms with E-state index in [9.17, 15) is 8.42 Å². The van der Waals surface area contributed by atoms with Crippen molar-refractivity contribution in [3.63, 3.8) is 0 Å². The molecule has 0 fully saturated rings. The molecule has 0 amide bonds. The van der Waals surface area contributed by atoms with Gasteiger partial charge in [0.2, 0.25) is 0 Å². The fourth-order valence-corrected chi connectivity index (χ4v) is 3.02.